The van der Waals surface area contributed by atoms with E-state index < -0.39 is 35.9 Å². The molecule has 198 valence electrons. The molecule has 0 spiro atoms. The van der Waals surface area contributed by atoms with Crippen molar-refractivity contribution in [2.24, 2.45) is 11.8 Å². The van der Waals surface area contributed by atoms with Crippen molar-refractivity contribution in [3.63, 3.8) is 0 Å². The van der Waals surface area contributed by atoms with E-state index in [0.29, 0.717) is 43.2 Å². The van der Waals surface area contributed by atoms with Gasteiger partial charge in [0.2, 0.25) is 0 Å². The fraction of sp³-hybridized carbons (Fsp3) is 0.577. The summed E-state index contributed by atoms with van der Waals surface area (Å²) in [5.74, 6) is -2.94. The fourth-order valence-corrected chi connectivity index (χ4v) is 5.34. The average Bonchev–Trinajstić information content (AvgIpc) is 2.81. The van der Waals surface area contributed by atoms with Crippen molar-refractivity contribution in [1.29, 1.82) is 0 Å². The Bertz CT molecular complexity index is 1070. The Balaban J connectivity index is 1.49. The van der Waals surface area contributed by atoms with Crippen LogP contribution in [0.1, 0.15) is 62.5 Å². The van der Waals surface area contributed by atoms with Crippen LogP contribution in [0, 0.1) is 11.8 Å². The zero-order valence-corrected chi connectivity index (χ0v) is 19.6. The van der Waals surface area contributed by atoms with Crippen LogP contribution in [0.5, 0.6) is 5.75 Å². The largest absolute Gasteiger partial charge is 0.490 e. The van der Waals surface area contributed by atoms with Crippen molar-refractivity contribution < 1.29 is 41.0 Å². The third kappa shape index (κ3) is 6.25. The summed E-state index contributed by atoms with van der Waals surface area (Å²) in [7, 11) is 0. The smallest absolute Gasteiger partial charge is 0.420 e. The van der Waals surface area contributed by atoms with Gasteiger partial charge in [0.25, 0.3) is 0 Å². The summed E-state index contributed by atoms with van der Waals surface area (Å²) in [5, 5.41) is 12.8. The van der Waals surface area contributed by atoms with E-state index in [0.717, 1.165) is 0 Å². The molecule has 2 aliphatic carbocycles. The van der Waals surface area contributed by atoms with Crippen molar-refractivity contribution in [3.05, 3.63) is 41.5 Å². The maximum Gasteiger partial charge on any atom is 0.420 e. The molecule has 0 unspecified atom stereocenters. The quantitative estimate of drug-likeness (QED) is 0.402. The third-order valence-corrected chi connectivity index (χ3v) is 7.43. The van der Waals surface area contributed by atoms with Gasteiger partial charge >= 0.3 is 18.3 Å². The standard InChI is InChI=1S/C26H29F6NO3/c27-25(28,29)18-6-10-20(11-7-18)36-22-12-5-16-2-1-15(13-21(16)23(22)26(30,31)32)14-33-19-8-3-17(4-9-19)24(34)35/h1-2,5,12-13,17-20,33H,3-4,6-11,14H2,(H,34,35). The number of carbonyl (C=O) groups is 1. The lowest BCUT2D eigenvalue weighted by atomic mass is 9.86. The van der Waals surface area contributed by atoms with E-state index in [4.69, 9.17) is 9.84 Å². The van der Waals surface area contributed by atoms with Gasteiger partial charge in [-0.3, -0.25) is 4.79 Å². The van der Waals surface area contributed by atoms with Crippen LogP contribution in [-0.2, 0) is 17.5 Å². The summed E-state index contributed by atoms with van der Waals surface area (Å²) in [4.78, 5) is 11.1. The molecule has 0 atom stereocenters. The van der Waals surface area contributed by atoms with Crippen LogP contribution in [0.2, 0.25) is 0 Å². The first-order chi connectivity index (χ1) is 16.9. The molecule has 0 aliphatic heterocycles. The van der Waals surface area contributed by atoms with Crippen LogP contribution in [0.3, 0.4) is 0 Å². The fourth-order valence-electron chi connectivity index (χ4n) is 5.34. The van der Waals surface area contributed by atoms with Crippen molar-refractivity contribution in [2.75, 3.05) is 0 Å². The summed E-state index contributed by atoms with van der Waals surface area (Å²) in [6.45, 7) is 0.335. The SMILES string of the molecule is O=C(O)C1CCC(NCc2ccc3ccc(OC4CCC(C(F)(F)F)CC4)c(C(F)(F)F)c3c2)CC1. The number of nitrogens with one attached hydrogen (secondary N) is 1. The number of carboxylic acid groups (broad SMARTS) is 1. The summed E-state index contributed by atoms with van der Waals surface area (Å²) in [6.07, 6.45) is -7.43. The lowest BCUT2D eigenvalue weighted by Crippen LogP contribution is -2.34. The molecule has 2 aliphatic rings. The maximum atomic E-state index is 14.2. The molecule has 2 N–H and O–H groups in total. The number of rotatable bonds is 6. The average molecular weight is 518 g/mol. The van der Waals surface area contributed by atoms with E-state index in [1.807, 2.05) is 0 Å². The first kappa shape index (κ1) is 26.6. The van der Waals surface area contributed by atoms with E-state index in [2.05, 4.69) is 5.32 Å². The second-order valence-electron chi connectivity index (χ2n) is 9.89. The van der Waals surface area contributed by atoms with Crippen LogP contribution in [-0.4, -0.2) is 29.4 Å². The van der Waals surface area contributed by atoms with Gasteiger partial charge in [0.1, 0.15) is 11.3 Å². The van der Waals surface area contributed by atoms with Crippen molar-refractivity contribution >= 4 is 16.7 Å². The van der Waals surface area contributed by atoms with Crippen LogP contribution in [0.25, 0.3) is 10.8 Å². The maximum absolute atomic E-state index is 14.2. The Hall–Kier alpha value is -2.49. The minimum Gasteiger partial charge on any atom is -0.490 e. The molecule has 0 radical (unpaired) electrons. The summed E-state index contributed by atoms with van der Waals surface area (Å²) < 4.78 is 87.0. The molecule has 0 aromatic heterocycles. The van der Waals surface area contributed by atoms with E-state index in [9.17, 15) is 31.1 Å². The topological polar surface area (TPSA) is 58.6 Å². The molecule has 2 aromatic carbocycles. The third-order valence-electron chi connectivity index (χ3n) is 7.43. The number of alkyl halides is 6. The highest BCUT2D eigenvalue weighted by atomic mass is 19.4. The van der Waals surface area contributed by atoms with Gasteiger partial charge in [-0.05, 0) is 79.8 Å². The van der Waals surface area contributed by atoms with E-state index in [1.54, 1.807) is 12.1 Å². The van der Waals surface area contributed by atoms with Gasteiger partial charge in [-0.15, -0.1) is 0 Å². The highest BCUT2D eigenvalue weighted by Crippen LogP contribution is 2.44. The van der Waals surface area contributed by atoms with Gasteiger partial charge in [-0.25, -0.2) is 0 Å². The Labute approximate surface area is 205 Å². The zero-order chi connectivity index (χ0) is 26.1. The van der Waals surface area contributed by atoms with Crippen molar-refractivity contribution in [2.45, 2.75) is 82.4 Å². The number of fused-ring (bicyclic) bond motifs is 1. The summed E-state index contributed by atoms with van der Waals surface area (Å²) in [6, 6.07) is 7.71. The lowest BCUT2D eigenvalue weighted by molar-refractivity contribution is -0.185. The van der Waals surface area contributed by atoms with Gasteiger partial charge in [0, 0.05) is 12.6 Å². The van der Waals surface area contributed by atoms with Crippen LogP contribution in [0.4, 0.5) is 26.3 Å². The van der Waals surface area contributed by atoms with Gasteiger partial charge in [0.15, 0.2) is 0 Å². The first-order valence-electron chi connectivity index (χ1n) is 12.2. The predicted molar refractivity (Wildman–Crippen MR) is 122 cm³/mol. The monoisotopic (exact) mass is 517 g/mol. The van der Waals surface area contributed by atoms with Gasteiger partial charge in [-0.1, -0.05) is 18.2 Å². The Morgan fingerprint density at radius 1 is 0.917 bits per heavy atom. The Morgan fingerprint density at radius 3 is 2.14 bits per heavy atom. The molecule has 0 saturated heterocycles. The summed E-state index contributed by atoms with van der Waals surface area (Å²) in [5.41, 5.74) is -0.266. The molecule has 2 saturated carbocycles. The van der Waals surface area contributed by atoms with Gasteiger partial charge < -0.3 is 15.2 Å². The number of carboxylic acids is 1. The minimum atomic E-state index is -4.71. The molecule has 2 aromatic rings. The van der Waals surface area contributed by atoms with Gasteiger partial charge in [-0.2, -0.15) is 26.3 Å². The molecule has 2 fully saturated rings. The number of aliphatic carboxylic acids is 1. The summed E-state index contributed by atoms with van der Waals surface area (Å²) >= 11 is 0. The van der Waals surface area contributed by atoms with Crippen molar-refractivity contribution in [1.82, 2.24) is 5.32 Å². The van der Waals surface area contributed by atoms with Crippen LogP contribution >= 0.6 is 0 Å². The number of benzene rings is 2. The normalized spacial score (nSPS) is 25.6. The molecule has 36 heavy (non-hydrogen) atoms. The predicted octanol–water partition coefficient (Wildman–Crippen LogP) is 7.09. The number of halogens is 6. The number of ether oxygens (including phenoxy) is 1. The molecule has 4 rings (SSSR count). The molecule has 0 heterocycles. The highest BCUT2D eigenvalue weighted by molar-refractivity contribution is 5.89. The number of hydrogen-bond acceptors (Lipinski definition) is 3. The highest BCUT2D eigenvalue weighted by Gasteiger charge is 2.42. The molecular weight excluding hydrogens is 488 g/mol. The van der Waals surface area contributed by atoms with E-state index in [-0.39, 0.29) is 48.8 Å². The second kappa shape index (κ2) is 10.5. The van der Waals surface area contributed by atoms with Crippen LogP contribution in [0.15, 0.2) is 30.3 Å². The molecule has 0 bridgehead atoms. The molecule has 10 heteroatoms. The zero-order valence-electron chi connectivity index (χ0n) is 19.6. The first-order valence-corrected chi connectivity index (χ1v) is 12.2. The second-order valence-corrected chi connectivity index (χ2v) is 9.89. The van der Waals surface area contributed by atoms with Crippen LogP contribution < -0.4 is 10.1 Å². The van der Waals surface area contributed by atoms with Crippen molar-refractivity contribution in [3.8, 4) is 5.75 Å². The minimum absolute atomic E-state index is 0.0159. The molecular formula is C26H29F6NO3. The lowest BCUT2D eigenvalue weighted by Gasteiger charge is -2.31. The van der Waals surface area contributed by atoms with E-state index >= 15 is 0 Å². The van der Waals surface area contributed by atoms with E-state index in [1.165, 1.54) is 18.2 Å². The Kier molecular flexibility index (Phi) is 7.73. The Morgan fingerprint density at radius 2 is 1.56 bits per heavy atom. The number of hydrogen-bond donors (Lipinski definition) is 2. The van der Waals surface area contributed by atoms with Gasteiger partial charge in [0.05, 0.1) is 17.9 Å². The molecule has 0 amide bonds. The molecule has 4 nitrogen and oxygen atoms in total.